The molecule has 4 amide bonds. The van der Waals surface area contributed by atoms with Crippen LogP contribution in [0.15, 0.2) is 36.4 Å². The van der Waals surface area contributed by atoms with Crippen LogP contribution in [0.5, 0.6) is 11.5 Å². The maximum atomic E-state index is 13.1. The second-order valence-electron chi connectivity index (χ2n) is 7.38. The first-order chi connectivity index (χ1) is 14.2. The number of amides is 4. The van der Waals surface area contributed by atoms with E-state index < -0.39 is 29.9 Å². The smallest absolute Gasteiger partial charge is 0.325 e. The van der Waals surface area contributed by atoms with E-state index in [1.807, 2.05) is 19.9 Å². The number of imide groups is 1. The van der Waals surface area contributed by atoms with Crippen LogP contribution in [-0.2, 0) is 15.1 Å². The Morgan fingerprint density at radius 3 is 2.37 bits per heavy atom. The van der Waals surface area contributed by atoms with E-state index in [4.69, 9.17) is 9.47 Å². The Morgan fingerprint density at radius 1 is 1.07 bits per heavy atom. The number of ether oxygens (including phenoxy) is 2. The van der Waals surface area contributed by atoms with Gasteiger partial charge in [-0.05, 0) is 61.7 Å². The molecule has 1 unspecified atom stereocenters. The average Bonchev–Trinajstić information content (AvgIpc) is 2.92. The van der Waals surface area contributed by atoms with E-state index in [1.165, 1.54) is 7.11 Å². The quantitative estimate of drug-likeness (QED) is 0.713. The summed E-state index contributed by atoms with van der Waals surface area (Å²) >= 11 is 0. The molecule has 3 rings (SSSR count). The minimum Gasteiger partial charge on any atom is -0.496 e. The summed E-state index contributed by atoms with van der Waals surface area (Å²) in [6.07, 6.45) is 0. The largest absolute Gasteiger partial charge is 0.496 e. The molecule has 0 radical (unpaired) electrons. The highest BCUT2D eigenvalue weighted by atomic mass is 16.5. The lowest BCUT2D eigenvalue weighted by Crippen LogP contribution is -2.42. The zero-order valence-corrected chi connectivity index (χ0v) is 17.7. The van der Waals surface area contributed by atoms with Gasteiger partial charge < -0.3 is 20.1 Å². The number of aryl methyl sites for hydroxylation is 2. The number of rotatable bonds is 6. The Labute approximate surface area is 175 Å². The fraction of sp³-hybridized carbons (Fsp3) is 0.318. The van der Waals surface area contributed by atoms with Crippen LogP contribution in [-0.4, -0.2) is 43.5 Å². The van der Waals surface area contributed by atoms with Gasteiger partial charge in [0.15, 0.2) is 0 Å². The first-order valence-corrected chi connectivity index (χ1v) is 9.43. The van der Waals surface area contributed by atoms with E-state index in [0.717, 1.165) is 16.0 Å². The number of nitrogens with one attached hydrogen (secondary N) is 2. The van der Waals surface area contributed by atoms with Gasteiger partial charge in [0.1, 0.15) is 23.6 Å². The molecule has 2 aromatic carbocycles. The number of hydrogen-bond acceptors (Lipinski definition) is 5. The van der Waals surface area contributed by atoms with Crippen LogP contribution in [0.4, 0.5) is 10.5 Å². The Bertz CT molecular complexity index is 1020. The Hall–Kier alpha value is -3.55. The summed E-state index contributed by atoms with van der Waals surface area (Å²) in [7, 11) is 3.07. The summed E-state index contributed by atoms with van der Waals surface area (Å²) in [5.74, 6) is 0.174. The van der Waals surface area contributed by atoms with Crippen molar-refractivity contribution in [1.29, 1.82) is 0 Å². The molecular weight excluding hydrogens is 386 g/mol. The van der Waals surface area contributed by atoms with Crippen molar-refractivity contribution >= 4 is 23.5 Å². The van der Waals surface area contributed by atoms with E-state index in [1.54, 1.807) is 44.4 Å². The van der Waals surface area contributed by atoms with Gasteiger partial charge in [0, 0.05) is 0 Å². The summed E-state index contributed by atoms with van der Waals surface area (Å²) in [6.45, 7) is 4.95. The number of carbonyl (C=O) groups excluding carboxylic acids is 3. The van der Waals surface area contributed by atoms with Gasteiger partial charge in [-0.2, -0.15) is 0 Å². The Kier molecular flexibility index (Phi) is 5.69. The average molecular weight is 411 g/mol. The number of hydrogen-bond donors (Lipinski definition) is 2. The molecule has 1 heterocycles. The van der Waals surface area contributed by atoms with Crippen LogP contribution < -0.4 is 20.1 Å². The molecular formula is C22H25N3O5. The van der Waals surface area contributed by atoms with E-state index in [9.17, 15) is 14.4 Å². The van der Waals surface area contributed by atoms with Crippen LogP contribution in [0.25, 0.3) is 0 Å². The van der Waals surface area contributed by atoms with Gasteiger partial charge in [0.05, 0.1) is 19.9 Å². The van der Waals surface area contributed by atoms with Crippen molar-refractivity contribution in [3.8, 4) is 11.5 Å². The molecule has 0 bridgehead atoms. The molecule has 2 N–H and O–H groups in total. The van der Waals surface area contributed by atoms with Gasteiger partial charge in [-0.15, -0.1) is 0 Å². The van der Waals surface area contributed by atoms with E-state index in [2.05, 4.69) is 10.6 Å². The predicted octanol–water partition coefficient (Wildman–Crippen LogP) is 2.73. The van der Waals surface area contributed by atoms with Crippen LogP contribution in [0.1, 0.15) is 23.6 Å². The summed E-state index contributed by atoms with van der Waals surface area (Å²) in [4.78, 5) is 39.1. The van der Waals surface area contributed by atoms with E-state index in [-0.39, 0.29) is 0 Å². The van der Waals surface area contributed by atoms with Gasteiger partial charge in [0.2, 0.25) is 5.91 Å². The van der Waals surface area contributed by atoms with Gasteiger partial charge in [-0.3, -0.25) is 14.5 Å². The number of benzene rings is 2. The van der Waals surface area contributed by atoms with Crippen LogP contribution in [0.3, 0.4) is 0 Å². The fourth-order valence-corrected chi connectivity index (χ4v) is 3.48. The maximum absolute atomic E-state index is 13.1. The third-order valence-corrected chi connectivity index (χ3v) is 5.18. The topological polar surface area (TPSA) is 97.0 Å². The lowest BCUT2D eigenvalue weighted by Gasteiger charge is -2.23. The standard InChI is InChI=1S/C22H25N3O5/c1-13-6-8-18(30-5)16(10-13)23-19(26)12-25-20(27)22(3,24-21(25)28)15-7-9-17(29-4)14(2)11-15/h6-11H,12H2,1-5H3,(H,23,26)(H,24,28). The molecule has 30 heavy (non-hydrogen) atoms. The van der Waals surface area contributed by atoms with Crippen LogP contribution in [0, 0.1) is 13.8 Å². The molecule has 0 saturated carbocycles. The minimum absolute atomic E-state index is 0.410. The molecule has 158 valence electrons. The first-order valence-electron chi connectivity index (χ1n) is 9.43. The third kappa shape index (κ3) is 3.80. The van der Waals surface area contributed by atoms with Gasteiger partial charge in [-0.25, -0.2) is 4.79 Å². The predicted molar refractivity (Wildman–Crippen MR) is 112 cm³/mol. The first kappa shape index (κ1) is 21.2. The molecule has 8 heteroatoms. The lowest BCUT2D eigenvalue weighted by molar-refractivity contribution is -0.133. The number of urea groups is 1. The molecule has 0 aliphatic carbocycles. The number of anilines is 1. The Balaban J connectivity index is 1.79. The maximum Gasteiger partial charge on any atom is 0.325 e. The van der Waals surface area contributed by atoms with Crippen LogP contribution in [0.2, 0.25) is 0 Å². The van der Waals surface area contributed by atoms with Crippen molar-refractivity contribution in [2.24, 2.45) is 0 Å². The highest BCUT2D eigenvalue weighted by Crippen LogP contribution is 2.32. The van der Waals surface area contributed by atoms with E-state index >= 15 is 0 Å². The SMILES string of the molecule is COc1ccc(C2(C)NC(=O)N(CC(=O)Nc3cc(C)ccc3OC)C2=O)cc1C. The lowest BCUT2D eigenvalue weighted by atomic mass is 9.90. The zero-order valence-electron chi connectivity index (χ0n) is 17.7. The number of nitrogens with zero attached hydrogens (tertiary/aromatic N) is 1. The Morgan fingerprint density at radius 2 is 1.73 bits per heavy atom. The molecule has 0 spiro atoms. The minimum atomic E-state index is -1.27. The molecule has 1 aliphatic heterocycles. The summed E-state index contributed by atoms with van der Waals surface area (Å²) < 4.78 is 10.5. The number of methoxy groups -OCH3 is 2. The second kappa shape index (κ2) is 8.06. The molecule has 1 saturated heterocycles. The summed E-state index contributed by atoms with van der Waals surface area (Å²) in [5.41, 5.74) is 1.59. The normalized spacial score (nSPS) is 18.2. The fourth-order valence-electron chi connectivity index (χ4n) is 3.48. The van der Waals surface area contributed by atoms with Gasteiger partial charge in [0.25, 0.3) is 5.91 Å². The summed E-state index contributed by atoms with van der Waals surface area (Å²) in [5, 5.41) is 5.41. The highest BCUT2D eigenvalue weighted by Gasteiger charge is 2.49. The van der Waals surface area contributed by atoms with E-state index in [0.29, 0.717) is 22.7 Å². The molecule has 2 aromatic rings. The second-order valence-corrected chi connectivity index (χ2v) is 7.38. The number of carbonyl (C=O) groups is 3. The molecule has 1 atom stereocenters. The van der Waals surface area contributed by atoms with Crippen molar-refractivity contribution in [3.63, 3.8) is 0 Å². The summed E-state index contributed by atoms with van der Waals surface area (Å²) in [6, 6.07) is 9.99. The van der Waals surface area contributed by atoms with Gasteiger partial charge in [-0.1, -0.05) is 12.1 Å². The van der Waals surface area contributed by atoms with Crippen molar-refractivity contribution in [2.45, 2.75) is 26.3 Å². The van der Waals surface area contributed by atoms with Gasteiger partial charge >= 0.3 is 6.03 Å². The molecule has 1 fully saturated rings. The van der Waals surface area contributed by atoms with Crippen molar-refractivity contribution in [3.05, 3.63) is 53.1 Å². The third-order valence-electron chi connectivity index (χ3n) is 5.18. The van der Waals surface area contributed by atoms with Crippen LogP contribution >= 0.6 is 0 Å². The molecule has 8 nitrogen and oxygen atoms in total. The zero-order chi connectivity index (χ0) is 22.1. The monoisotopic (exact) mass is 411 g/mol. The molecule has 0 aromatic heterocycles. The van der Waals surface area contributed by atoms with Crippen molar-refractivity contribution in [2.75, 3.05) is 26.1 Å². The van der Waals surface area contributed by atoms with Crippen molar-refractivity contribution < 1.29 is 23.9 Å². The molecule has 1 aliphatic rings. The highest BCUT2D eigenvalue weighted by molar-refractivity contribution is 6.10. The van der Waals surface area contributed by atoms with Crippen molar-refractivity contribution in [1.82, 2.24) is 10.2 Å².